The molecule has 20 heavy (non-hydrogen) atoms. The molecular weight excluding hydrogens is 250 g/mol. The molecule has 3 aromatic rings. The Morgan fingerprint density at radius 1 is 1.20 bits per heavy atom. The fourth-order valence-electron chi connectivity index (χ4n) is 2.39. The van der Waals surface area contributed by atoms with Gasteiger partial charge in [-0.25, -0.2) is 0 Å². The lowest BCUT2D eigenvalue weighted by molar-refractivity contribution is 0.482. The van der Waals surface area contributed by atoms with Gasteiger partial charge in [0.1, 0.15) is 11.5 Å². The van der Waals surface area contributed by atoms with E-state index in [0.29, 0.717) is 6.54 Å². The van der Waals surface area contributed by atoms with Crippen molar-refractivity contribution < 1.29 is 4.42 Å². The summed E-state index contributed by atoms with van der Waals surface area (Å²) in [6.45, 7) is 2.63. The van der Waals surface area contributed by atoms with Crippen molar-refractivity contribution in [3.8, 4) is 0 Å². The summed E-state index contributed by atoms with van der Waals surface area (Å²) in [5.41, 5.74) is 8.92. The molecule has 3 rings (SSSR count). The van der Waals surface area contributed by atoms with Gasteiger partial charge in [0.25, 0.3) is 0 Å². The molecule has 0 saturated heterocycles. The van der Waals surface area contributed by atoms with Crippen LogP contribution in [0.1, 0.15) is 11.5 Å². The third kappa shape index (κ3) is 2.20. The highest BCUT2D eigenvalue weighted by Gasteiger charge is 2.11. The van der Waals surface area contributed by atoms with Crippen LogP contribution in [0.25, 0.3) is 10.9 Å². The van der Waals surface area contributed by atoms with Crippen molar-refractivity contribution in [1.29, 1.82) is 0 Å². The van der Waals surface area contributed by atoms with Crippen molar-refractivity contribution in [2.24, 2.45) is 0 Å². The van der Waals surface area contributed by atoms with Crippen LogP contribution in [0, 0.1) is 6.92 Å². The molecule has 0 aliphatic carbocycles. The highest BCUT2D eigenvalue weighted by molar-refractivity contribution is 5.97. The van der Waals surface area contributed by atoms with Crippen molar-refractivity contribution in [2.75, 3.05) is 17.7 Å². The lowest BCUT2D eigenvalue weighted by atomic mass is 10.1. The van der Waals surface area contributed by atoms with E-state index in [1.165, 1.54) is 0 Å². The van der Waals surface area contributed by atoms with E-state index in [1.807, 2.05) is 50.4 Å². The Kier molecular flexibility index (Phi) is 3.06. The molecule has 0 amide bonds. The van der Waals surface area contributed by atoms with Crippen LogP contribution in [0.2, 0.25) is 0 Å². The maximum atomic E-state index is 6.27. The third-order valence-corrected chi connectivity index (χ3v) is 3.40. The summed E-state index contributed by atoms with van der Waals surface area (Å²) >= 11 is 0. The average molecular weight is 267 g/mol. The number of hydrogen-bond donors (Lipinski definition) is 1. The van der Waals surface area contributed by atoms with Crippen LogP contribution in [0.15, 0.2) is 47.0 Å². The van der Waals surface area contributed by atoms with E-state index in [2.05, 4.69) is 9.88 Å². The van der Waals surface area contributed by atoms with Crippen molar-refractivity contribution >= 4 is 22.3 Å². The van der Waals surface area contributed by atoms with Crippen LogP contribution in [0.3, 0.4) is 0 Å². The summed E-state index contributed by atoms with van der Waals surface area (Å²) in [6, 6.07) is 11.8. The molecule has 4 nitrogen and oxygen atoms in total. The van der Waals surface area contributed by atoms with E-state index in [-0.39, 0.29) is 0 Å². The topological polar surface area (TPSA) is 55.3 Å². The SMILES string of the molecule is Cc1ccc(CN(C)c2ccc3ncccc3c2N)o1. The maximum absolute atomic E-state index is 6.27. The van der Waals surface area contributed by atoms with Crippen LogP contribution >= 0.6 is 0 Å². The number of rotatable bonds is 3. The first kappa shape index (κ1) is 12.5. The molecule has 0 atom stereocenters. The van der Waals surface area contributed by atoms with Gasteiger partial charge in [-0.2, -0.15) is 0 Å². The first-order chi connectivity index (χ1) is 9.65. The van der Waals surface area contributed by atoms with E-state index in [9.17, 15) is 0 Å². The van der Waals surface area contributed by atoms with Crippen LogP contribution in [0.5, 0.6) is 0 Å². The summed E-state index contributed by atoms with van der Waals surface area (Å²) in [4.78, 5) is 6.40. The minimum atomic E-state index is 0.684. The van der Waals surface area contributed by atoms with E-state index >= 15 is 0 Å². The van der Waals surface area contributed by atoms with Crippen molar-refractivity contribution in [1.82, 2.24) is 4.98 Å². The number of benzene rings is 1. The number of aromatic nitrogens is 1. The molecule has 0 bridgehead atoms. The molecular formula is C16H17N3O. The Morgan fingerprint density at radius 2 is 2.05 bits per heavy atom. The Hall–Kier alpha value is -2.49. The monoisotopic (exact) mass is 267 g/mol. The summed E-state index contributed by atoms with van der Waals surface area (Å²) in [6.07, 6.45) is 1.77. The average Bonchev–Trinajstić information content (AvgIpc) is 2.84. The predicted octanol–water partition coefficient (Wildman–Crippen LogP) is 3.35. The molecule has 1 aromatic carbocycles. The van der Waals surface area contributed by atoms with Crippen molar-refractivity contribution in [3.63, 3.8) is 0 Å². The number of fused-ring (bicyclic) bond motifs is 1. The smallest absolute Gasteiger partial charge is 0.123 e. The number of anilines is 2. The molecule has 0 radical (unpaired) electrons. The molecule has 102 valence electrons. The Balaban J connectivity index is 1.95. The first-order valence-corrected chi connectivity index (χ1v) is 6.55. The molecule has 0 aliphatic rings. The number of aryl methyl sites for hydroxylation is 1. The number of pyridine rings is 1. The Bertz CT molecular complexity index is 748. The quantitative estimate of drug-likeness (QED) is 0.739. The van der Waals surface area contributed by atoms with Gasteiger partial charge in [-0.15, -0.1) is 0 Å². The minimum absolute atomic E-state index is 0.684. The summed E-state index contributed by atoms with van der Waals surface area (Å²) in [7, 11) is 2.01. The summed E-state index contributed by atoms with van der Waals surface area (Å²) < 4.78 is 5.61. The molecule has 2 aromatic heterocycles. The van der Waals surface area contributed by atoms with Gasteiger partial charge >= 0.3 is 0 Å². The second-order valence-electron chi connectivity index (χ2n) is 4.94. The van der Waals surface area contributed by atoms with E-state index in [1.54, 1.807) is 6.20 Å². The summed E-state index contributed by atoms with van der Waals surface area (Å²) in [5.74, 6) is 1.85. The molecule has 0 unspecified atom stereocenters. The Morgan fingerprint density at radius 3 is 2.80 bits per heavy atom. The second kappa shape index (κ2) is 4.89. The number of nitrogens with two attached hydrogens (primary N) is 1. The van der Waals surface area contributed by atoms with Crippen LogP contribution in [-0.2, 0) is 6.54 Å². The number of furan rings is 1. The normalized spacial score (nSPS) is 10.9. The fourth-order valence-corrected chi connectivity index (χ4v) is 2.39. The van der Waals surface area contributed by atoms with Gasteiger partial charge in [-0.3, -0.25) is 4.98 Å². The molecule has 0 saturated carbocycles. The van der Waals surface area contributed by atoms with Gasteiger partial charge in [0, 0.05) is 18.6 Å². The van der Waals surface area contributed by atoms with Crippen LogP contribution in [-0.4, -0.2) is 12.0 Å². The molecule has 2 heterocycles. The van der Waals surface area contributed by atoms with Gasteiger partial charge in [-0.05, 0) is 43.3 Å². The largest absolute Gasteiger partial charge is 0.464 e. The van der Waals surface area contributed by atoms with Gasteiger partial charge in [0.15, 0.2) is 0 Å². The molecule has 0 fully saturated rings. The van der Waals surface area contributed by atoms with Gasteiger partial charge in [0.05, 0.1) is 23.4 Å². The van der Waals surface area contributed by atoms with E-state index in [0.717, 1.165) is 33.8 Å². The molecule has 0 spiro atoms. The van der Waals surface area contributed by atoms with Crippen molar-refractivity contribution in [3.05, 3.63) is 54.1 Å². The fraction of sp³-hybridized carbons (Fsp3) is 0.188. The minimum Gasteiger partial charge on any atom is -0.464 e. The van der Waals surface area contributed by atoms with Crippen LogP contribution in [0.4, 0.5) is 11.4 Å². The zero-order valence-electron chi connectivity index (χ0n) is 11.6. The van der Waals surface area contributed by atoms with Crippen molar-refractivity contribution in [2.45, 2.75) is 13.5 Å². The van der Waals surface area contributed by atoms with Gasteiger partial charge < -0.3 is 15.1 Å². The maximum Gasteiger partial charge on any atom is 0.123 e. The number of nitrogen functional groups attached to an aromatic ring is 1. The summed E-state index contributed by atoms with van der Waals surface area (Å²) in [5, 5.41) is 0.979. The van der Waals surface area contributed by atoms with Gasteiger partial charge in [0.2, 0.25) is 0 Å². The zero-order chi connectivity index (χ0) is 14.1. The lowest BCUT2D eigenvalue weighted by Crippen LogP contribution is -2.17. The highest BCUT2D eigenvalue weighted by atomic mass is 16.3. The van der Waals surface area contributed by atoms with Gasteiger partial charge in [-0.1, -0.05) is 0 Å². The Labute approximate surface area is 117 Å². The number of nitrogens with zero attached hydrogens (tertiary/aromatic N) is 2. The standard InChI is InChI=1S/C16H17N3O/c1-11-5-6-12(20-11)10-19(2)15-8-7-14-13(16(15)17)4-3-9-18-14/h3-9H,10,17H2,1-2H3. The predicted molar refractivity (Wildman–Crippen MR) is 81.7 cm³/mol. The first-order valence-electron chi connectivity index (χ1n) is 6.55. The molecule has 0 aliphatic heterocycles. The van der Waals surface area contributed by atoms with Crippen LogP contribution < -0.4 is 10.6 Å². The molecule has 2 N–H and O–H groups in total. The lowest BCUT2D eigenvalue weighted by Gasteiger charge is -2.20. The third-order valence-electron chi connectivity index (χ3n) is 3.40. The highest BCUT2D eigenvalue weighted by Crippen LogP contribution is 2.30. The molecule has 4 heteroatoms. The number of hydrogen-bond acceptors (Lipinski definition) is 4. The second-order valence-corrected chi connectivity index (χ2v) is 4.94. The van der Waals surface area contributed by atoms with E-state index < -0.39 is 0 Å². The van der Waals surface area contributed by atoms with E-state index in [4.69, 9.17) is 10.2 Å². The zero-order valence-corrected chi connectivity index (χ0v) is 11.6.